The average molecular weight is 394 g/mol. The van der Waals surface area contributed by atoms with Gasteiger partial charge in [-0.3, -0.25) is 0 Å². The summed E-state index contributed by atoms with van der Waals surface area (Å²) in [6, 6.07) is 7.71. The third-order valence-corrected chi connectivity index (χ3v) is 5.27. The zero-order valence-corrected chi connectivity index (χ0v) is 15.9. The van der Waals surface area contributed by atoms with Crippen LogP contribution < -0.4 is 0 Å². The van der Waals surface area contributed by atoms with Crippen LogP contribution in [0.2, 0.25) is 0 Å². The molecule has 1 aliphatic rings. The molecular weight excluding hydrogens is 369 g/mol. The van der Waals surface area contributed by atoms with E-state index in [0.29, 0.717) is 18.8 Å². The van der Waals surface area contributed by atoms with Crippen LogP contribution >= 0.6 is 0 Å². The fourth-order valence-electron chi connectivity index (χ4n) is 3.65. The number of rotatable bonds is 7. The van der Waals surface area contributed by atoms with Crippen LogP contribution in [0.3, 0.4) is 0 Å². The van der Waals surface area contributed by atoms with Crippen molar-refractivity contribution in [1.29, 1.82) is 0 Å². The van der Waals surface area contributed by atoms with Crippen LogP contribution in [0.25, 0.3) is 0 Å². The van der Waals surface area contributed by atoms with E-state index in [1.807, 2.05) is 19.1 Å². The highest BCUT2D eigenvalue weighted by molar-refractivity contribution is 5.29. The summed E-state index contributed by atoms with van der Waals surface area (Å²) < 4.78 is 52.7. The molecule has 0 spiro atoms. The molecule has 3 rings (SSSR count). The van der Waals surface area contributed by atoms with E-state index in [9.17, 15) is 13.2 Å². The first-order valence-corrected chi connectivity index (χ1v) is 9.63. The van der Waals surface area contributed by atoms with Crippen LogP contribution in [0.15, 0.2) is 30.3 Å². The minimum atomic E-state index is -1.26. The van der Waals surface area contributed by atoms with Crippen molar-refractivity contribution in [1.82, 2.24) is 0 Å². The van der Waals surface area contributed by atoms with Gasteiger partial charge < -0.3 is 14.6 Å². The normalized spacial score (nSPS) is 19.7. The Kier molecular flexibility index (Phi) is 6.97. The van der Waals surface area contributed by atoms with Crippen molar-refractivity contribution in [2.45, 2.75) is 57.8 Å². The van der Waals surface area contributed by atoms with Crippen molar-refractivity contribution < 1.29 is 27.8 Å². The average Bonchev–Trinajstić information content (AvgIpc) is 2.70. The molecular formula is C22H25F3O3. The second-order valence-electron chi connectivity index (χ2n) is 7.15. The molecule has 6 heteroatoms. The smallest absolute Gasteiger partial charge is 0.200 e. The fourth-order valence-corrected chi connectivity index (χ4v) is 3.65. The molecule has 0 unspecified atom stereocenters. The van der Waals surface area contributed by atoms with Gasteiger partial charge >= 0.3 is 0 Å². The maximum atomic E-state index is 14.5. The summed E-state index contributed by atoms with van der Waals surface area (Å²) in [4.78, 5) is 0. The van der Waals surface area contributed by atoms with E-state index in [-0.39, 0.29) is 30.0 Å². The van der Waals surface area contributed by atoms with E-state index >= 15 is 0 Å². The number of ether oxygens (including phenoxy) is 2. The minimum absolute atomic E-state index is 0.0567. The first-order valence-electron chi connectivity index (χ1n) is 9.63. The molecule has 0 aromatic heterocycles. The highest BCUT2D eigenvalue weighted by atomic mass is 19.2. The highest BCUT2D eigenvalue weighted by Gasteiger charge is 2.25. The van der Waals surface area contributed by atoms with Crippen LogP contribution in [0.4, 0.5) is 13.2 Å². The molecule has 0 amide bonds. The number of halogens is 3. The molecule has 152 valence electrons. The summed E-state index contributed by atoms with van der Waals surface area (Å²) >= 11 is 0. The first kappa shape index (κ1) is 20.7. The van der Waals surface area contributed by atoms with Gasteiger partial charge in [0.05, 0.1) is 19.3 Å². The second-order valence-corrected chi connectivity index (χ2v) is 7.15. The van der Waals surface area contributed by atoms with Crippen LogP contribution in [0, 0.1) is 17.5 Å². The Balaban J connectivity index is 1.53. The first-order chi connectivity index (χ1) is 13.5. The highest BCUT2D eigenvalue weighted by Crippen LogP contribution is 2.36. The van der Waals surface area contributed by atoms with Gasteiger partial charge in [-0.2, -0.15) is 4.39 Å². The van der Waals surface area contributed by atoms with Crippen molar-refractivity contribution in [2.24, 2.45) is 0 Å². The predicted octanol–water partition coefficient (Wildman–Crippen LogP) is 5.59. The third-order valence-electron chi connectivity index (χ3n) is 5.27. The van der Waals surface area contributed by atoms with Crippen LogP contribution in [0.5, 0.6) is 5.75 Å². The maximum Gasteiger partial charge on any atom is 0.200 e. The van der Waals surface area contributed by atoms with Crippen molar-refractivity contribution in [3.63, 3.8) is 0 Å². The monoisotopic (exact) mass is 394 g/mol. The lowest BCUT2D eigenvalue weighted by molar-refractivity contribution is 0.0116. The summed E-state index contributed by atoms with van der Waals surface area (Å²) in [5.74, 6) is -3.13. The molecule has 1 N–H and O–H groups in total. The summed E-state index contributed by atoms with van der Waals surface area (Å²) in [6.45, 7) is 2.84. The number of phenols is 1. The van der Waals surface area contributed by atoms with E-state index in [1.54, 1.807) is 0 Å². The van der Waals surface area contributed by atoms with Gasteiger partial charge in [-0.1, -0.05) is 12.1 Å². The van der Waals surface area contributed by atoms with Gasteiger partial charge in [-0.15, -0.1) is 0 Å². The molecule has 28 heavy (non-hydrogen) atoms. The summed E-state index contributed by atoms with van der Waals surface area (Å²) in [5.41, 5.74) is 1.61. The van der Waals surface area contributed by atoms with Gasteiger partial charge in [0.15, 0.2) is 11.6 Å². The largest absolute Gasteiger partial charge is 0.505 e. The Hall–Kier alpha value is -2.05. The maximum absolute atomic E-state index is 14.5. The standard InChI is InChI=1S/C22H25F3O3/c1-2-27-12-14-3-9-18(19(23)11-14)15-4-7-17(8-5-15)28-13-16-6-10-20(26)22(25)21(16)24/h3,6,9-11,15,17,26H,2,4-5,7-8,12-13H2,1H3. The van der Waals surface area contributed by atoms with Crippen molar-refractivity contribution >= 4 is 0 Å². The van der Waals surface area contributed by atoms with Crippen molar-refractivity contribution in [3.05, 3.63) is 64.5 Å². The summed E-state index contributed by atoms with van der Waals surface area (Å²) in [5, 5.41) is 9.17. The number of benzene rings is 2. The Morgan fingerprint density at radius 1 is 0.964 bits per heavy atom. The number of aromatic hydroxyl groups is 1. The summed E-state index contributed by atoms with van der Waals surface area (Å²) in [7, 11) is 0. The fraction of sp³-hybridized carbons (Fsp3) is 0.455. The van der Waals surface area contributed by atoms with Gasteiger partial charge in [0.1, 0.15) is 5.82 Å². The van der Waals surface area contributed by atoms with E-state index in [0.717, 1.165) is 37.3 Å². The van der Waals surface area contributed by atoms with Crippen LogP contribution in [-0.2, 0) is 22.7 Å². The molecule has 0 heterocycles. The Bertz CT molecular complexity index is 802. The molecule has 1 aliphatic carbocycles. The molecule has 0 aliphatic heterocycles. The van der Waals surface area contributed by atoms with E-state index in [2.05, 4.69) is 0 Å². The zero-order chi connectivity index (χ0) is 20.1. The Labute approximate surface area is 163 Å². The van der Waals surface area contributed by atoms with Crippen LogP contribution in [-0.4, -0.2) is 17.8 Å². The van der Waals surface area contributed by atoms with Gasteiger partial charge in [0.25, 0.3) is 0 Å². The lowest BCUT2D eigenvalue weighted by Gasteiger charge is -2.29. The minimum Gasteiger partial charge on any atom is -0.505 e. The predicted molar refractivity (Wildman–Crippen MR) is 99.5 cm³/mol. The van der Waals surface area contributed by atoms with Gasteiger partial charge in [0, 0.05) is 12.2 Å². The molecule has 3 nitrogen and oxygen atoms in total. The molecule has 1 fully saturated rings. The second kappa shape index (κ2) is 9.43. The van der Waals surface area contributed by atoms with Gasteiger partial charge in [0.2, 0.25) is 5.82 Å². The Morgan fingerprint density at radius 3 is 2.39 bits per heavy atom. The molecule has 0 radical (unpaired) electrons. The van der Waals surface area contributed by atoms with E-state index in [4.69, 9.17) is 14.6 Å². The van der Waals surface area contributed by atoms with Gasteiger partial charge in [-0.05, 0) is 67.9 Å². The zero-order valence-electron chi connectivity index (χ0n) is 15.9. The molecule has 0 bridgehead atoms. The van der Waals surface area contributed by atoms with Crippen molar-refractivity contribution in [3.8, 4) is 5.75 Å². The Morgan fingerprint density at radius 2 is 1.71 bits per heavy atom. The number of hydrogen-bond acceptors (Lipinski definition) is 3. The topological polar surface area (TPSA) is 38.7 Å². The van der Waals surface area contributed by atoms with E-state index < -0.39 is 17.4 Å². The quantitative estimate of drug-likeness (QED) is 0.665. The summed E-state index contributed by atoms with van der Waals surface area (Å²) in [6.07, 6.45) is 2.94. The molecule has 1 saturated carbocycles. The number of hydrogen-bond donors (Lipinski definition) is 1. The lowest BCUT2D eigenvalue weighted by Crippen LogP contribution is -2.21. The molecule has 2 aromatic carbocycles. The molecule has 0 atom stereocenters. The van der Waals surface area contributed by atoms with Crippen LogP contribution in [0.1, 0.15) is 55.2 Å². The lowest BCUT2D eigenvalue weighted by atomic mass is 9.82. The number of phenolic OH excluding ortho intramolecular Hbond substituents is 1. The van der Waals surface area contributed by atoms with Gasteiger partial charge in [-0.25, -0.2) is 8.78 Å². The SMILES string of the molecule is CCOCc1ccc(C2CCC(OCc3ccc(O)c(F)c3F)CC2)c(F)c1. The molecule has 0 saturated heterocycles. The van der Waals surface area contributed by atoms with E-state index in [1.165, 1.54) is 12.1 Å². The van der Waals surface area contributed by atoms with Crippen molar-refractivity contribution in [2.75, 3.05) is 6.61 Å². The molecule has 2 aromatic rings. The third kappa shape index (κ3) is 4.86.